The summed E-state index contributed by atoms with van der Waals surface area (Å²) in [5.74, 6) is -2.13. The third kappa shape index (κ3) is 15.0. The molecule has 3 fully saturated rings. The molecule has 364 valence electrons. The molecule has 1 unspecified atom stereocenters. The summed E-state index contributed by atoms with van der Waals surface area (Å²) in [7, 11) is -7.33. The second kappa shape index (κ2) is 22.6. The molecule has 1 aliphatic carbocycles. The number of benzene rings is 2. The monoisotopic (exact) mass is 967 g/mol. The van der Waals surface area contributed by atoms with Crippen LogP contribution in [0.2, 0.25) is 0 Å². The molecule has 66 heavy (non-hydrogen) atoms. The van der Waals surface area contributed by atoms with Crippen molar-refractivity contribution in [3.63, 3.8) is 0 Å². The molecule has 0 amide bonds. The Kier molecular flexibility index (Phi) is 17.8. The normalized spacial score (nSPS) is 17.1. The van der Waals surface area contributed by atoms with Crippen LogP contribution in [0.3, 0.4) is 0 Å². The second-order valence-corrected chi connectivity index (χ2v) is 19.6. The van der Waals surface area contributed by atoms with E-state index in [2.05, 4.69) is 27.0 Å². The van der Waals surface area contributed by atoms with Crippen LogP contribution in [-0.2, 0) is 42.7 Å². The van der Waals surface area contributed by atoms with Gasteiger partial charge in [-0.1, -0.05) is 13.0 Å². The number of aromatic nitrogens is 3. The van der Waals surface area contributed by atoms with Crippen LogP contribution in [0.15, 0.2) is 50.9 Å². The zero-order valence-corrected chi connectivity index (χ0v) is 39.4. The molecule has 4 N–H and O–H groups in total. The van der Waals surface area contributed by atoms with E-state index in [1.54, 1.807) is 9.47 Å². The maximum atomic E-state index is 16.5. The fourth-order valence-corrected chi connectivity index (χ4v) is 7.88. The number of H-pyrrole nitrogens is 1. The molecule has 2 aliphatic heterocycles. The molecule has 0 spiro atoms. The minimum atomic E-state index is -3.67. The number of nitrogens with zero attached hydrogens (tertiary/aromatic N) is 5. The van der Waals surface area contributed by atoms with Gasteiger partial charge < -0.3 is 24.3 Å². The Morgan fingerprint density at radius 2 is 1.59 bits per heavy atom. The number of rotatable bonds is 14. The minimum absolute atomic E-state index is 0.00340. The Morgan fingerprint density at radius 1 is 0.939 bits per heavy atom. The summed E-state index contributed by atoms with van der Waals surface area (Å²) in [6.45, 7) is 11.6. The first-order valence-electron chi connectivity index (χ1n) is 21.6. The summed E-state index contributed by atoms with van der Waals surface area (Å²) in [6, 6.07) is 8.22. The lowest BCUT2D eigenvalue weighted by atomic mass is 10.1. The number of unbranched alkanes of at least 4 members (excludes halogenated alkanes) is 1. The van der Waals surface area contributed by atoms with Crippen molar-refractivity contribution in [1.29, 1.82) is 0 Å². The molecule has 2 saturated heterocycles. The number of esters is 1. The van der Waals surface area contributed by atoms with Crippen molar-refractivity contribution in [3.8, 4) is 0 Å². The minimum Gasteiger partial charge on any atom is -0.461 e. The van der Waals surface area contributed by atoms with Crippen molar-refractivity contribution in [1.82, 2.24) is 23.9 Å². The van der Waals surface area contributed by atoms with Crippen molar-refractivity contribution in [2.24, 2.45) is 0 Å². The summed E-state index contributed by atoms with van der Waals surface area (Å²) in [6.07, 6.45) is 6.50. The van der Waals surface area contributed by atoms with E-state index in [0.717, 1.165) is 44.1 Å². The van der Waals surface area contributed by atoms with Gasteiger partial charge in [0.2, 0.25) is 5.43 Å². The highest BCUT2D eigenvalue weighted by molar-refractivity contribution is 7.85. The van der Waals surface area contributed by atoms with E-state index in [0.29, 0.717) is 77.1 Å². The maximum absolute atomic E-state index is 16.5. The number of aryl methyl sites for hydroxylation is 2. The molecule has 0 bridgehead atoms. The molecular formula is C43H59F2N7O12S2. The molecule has 3 aliphatic rings. The van der Waals surface area contributed by atoms with Crippen LogP contribution in [0.1, 0.15) is 67.1 Å². The van der Waals surface area contributed by atoms with Crippen molar-refractivity contribution >= 4 is 54.3 Å². The number of carbonyl (C=O) groups is 1. The molecule has 19 nitrogen and oxygen atoms in total. The second-order valence-electron chi connectivity index (χ2n) is 16.6. The molecule has 4 heterocycles. The van der Waals surface area contributed by atoms with Gasteiger partial charge in [0.15, 0.2) is 5.82 Å². The number of ether oxygens (including phenoxy) is 2. The van der Waals surface area contributed by atoms with Crippen LogP contribution in [0, 0.1) is 18.6 Å². The number of nitrogens with one attached hydrogen (secondary N) is 2. The first kappa shape index (κ1) is 51.9. The summed E-state index contributed by atoms with van der Waals surface area (Å²) < 4.78 is 97.7. The number of halogens is 2. The number of hydrogen-bond donors (Lipinski definition) is 4. The van der Waals surface area contributed by atoms with E-state index in [1.165, 1.54) is 28.0 Å². The first-order valence-corrected chi connectivity index (χ1v) is 25.3. The molecule has 1 atom stereocenters. The van der Waals surface area contributed by atoms with Crippen LogP contribution in [-0.4, -0.2) is 140 Å². The number of carbonyl (C=O) groups excluding carboxylic acids is 1. The Labute approximate surface area is 381 Å². The maximum Gasteiger partial charge on any atom is 0.343 e. The molecule has 2 aromatic heterocycles. The summed E-state index contributed by atoms with van der Waals surface area (Å²) in [5.41, 5.74) is 1.14. The fourth-order valence-electron chi connectivity index (χ4n) is 7.88. The SMILES string of the molecule is CCc1cc(Nc2cc(=O)n(CCCCN3CCN(c4c(F)cc5c(=O)c(C(=O)OCCN6CCOCC6)cn(C6CC6)c5c4F)CC3C)c(=O)[nH]2)ccc1C.CS(=O)(=O)O.CS(=O)(=O)O. The van der Waals surface area contributed by atoms with Crippen LogP contribution < -0.4 is 26.9 Å². The Balaban J connectivity index is 0.000000739. The lowest BCUT2D eigenvalue weighted by molar-refractivity contribution is 0.0194. The van der Waals surface area contributed by atoms with Gasteiger partial charge in [-0.05, 0) is 81.8 Å². The highest BCUT2D eigenvalue weighted by Crippen LogP contribution is 2.40. The number of piperazine rings is 1. The lowest BCUT2D eigenvalue weighted by Crippen LogP contribution is -2.52. The smallest absolute Gasteiger partial charge is 0.343 e. The molecular weight excluding hydrogens is 909 g/mol. The number of morpholine rings is 1. The standard InChI is InChI=1S/C41H51F2N7O6.2CH4O3S/c1-4-28-21-29(8-7-26(28)2)44-34-23-35(51)49(41(54)45-34)12-6-5-11-47-13-14-48(24-27(47)3)38-33(42)22-31-37(36(38)43)50(30-9-10-30)25-32(39(31)52)40(53)56-20-17-46-15-18-55-19-16-46;2*1-5(2,3)4/h7-8,21-23,25,27,30,44H,4-6,9-20,24H2,1-3H3,(H,45,54);2*1H3,(H,2,3,4). The van der Waals surface area contributed by atoms with Crippen LogP contribution in [0.5, 0.6) is 0 Å². The third-order valence-corrected chi connectivity index (χ3v) is 11.3. The van der Waals surface area contributed by atoms with Crippen LogP contribution in [0.25, 0.3) is 10.9 Å². The largest absolute Gasteiger partial charge is 0.461 e. The van der Waals surface area contributed by atoms with E-state index in [4.69, 9.17) is 18.6 Å². The molecule has 23 heteroatoms. The van der Waals surface area contributed by atoms with Gasteiger partial charge >= 0.3 is 11.7 Å². The first-order chi connectivity index (χ1) is 31.0. The fraction of sp³-hybridized carbons (Fsp3) is 0.535. The molecule has 4 aromatic rings. The highest BCUT2D eigenvalue weighted by Gasteiger charge is 2.33. The van der Waals surface area contributed by atoms with Crippen molar-refractivity contribution < 1.29 is 49.0 Å². The Hall–Kier alpha value is -5.04. The number of anilines is 3. The predicted octanol–water partition coefficient (Wildman–Crippen LogP) is 3.57. The molecule has 2 aromatic carbocycles. The Morgan fingerprint density at radius 3 is 2.20 bits per heavy atom. The van der Waals surface area contributed by atoms with E-state index < -0.39 is 49.0 Å². The molecule has 1 saturated carbocycles. The van der Waals surface area contributed by atoms with Crippen molar-refractivity contribution in [2.75, 3.05) is 88.4 Å². The summed E-state index contributed by atoms with van der Waals surface area (Å²) in [5, 5.41) is 2.96. The predicted molar refractivity (Wildman–Crippen MR) is 247 cm³/mol. The quantitative estimate of drug-likeness (QED) is 0.0802. The van der Waals surface area contributed by atoms with Gasteiger partial charge in [0.1, 0.15) is 29.5 Å². The zero-order valence-electron chi connectivity index (χ0n) is 37.7. The van der Waals surface area contributed by atoms with Gasteiger partial charge in [0, 0.05) is 75.8 Å². The lowest BCUT2D eigenvalue weighted by Gasteiger charge is -2.41. The third-order valence-electron chi connectivity index (χ3n) is 11.3. The van der Waals surface area contributed by atoms with E-state index in [1.807, 2.05) is 32.0 Å². The number of fused-ring (bicyclic) bond motifs is 1. The van der Waals surface area contributed by atoms with Gasteiger partial charge in [-0.15, -0.1) is 0 Å². The number of hydrogen-bond acceptors (Lipinski definition) is 14. The highest BCUT2D eigenvalue weighted by atomic mass is 32.2. The topological polar surface area (TPSA) is 243 Å². The van der Waals surface area contributed by atoms with Crippen LogP contribution in [0.4, 0.5) is 26.0 Å². The Bertz CT molecular complexity index is 2700. The molecule has 0 radical (unpaired) electrons. The number of pyridine rings is 1. The van der Waals surface area contributed by atoms with Gasteiger partial charge in [0.05, 0.1) is 36.6 Å². The summed E-state index contributed by atoms with van der Waals surface area (Å²) in [4.78, 5) is 61.1. The average Bonchev–Trinajstić information content (AvgIpc) is 4.07. The van der Waals surface area contributed by atoms with Crippen LogP contribution >= 0.6 is 0 Å². The average molecular weight is 968 g/mol. The van der Waals surface area contributed by atoms with Gasteiger partial charge in [-0.2, -0.15) is 16.8 Å². The molecule has 7 rings (SSSR count). The van der Waals surface area contributed by atoms with Gasteiger partial charge in [0.25, 0.3) is 25.8 Å². The van der Waals surface area contributed by atoms with E-state index >= 15 is 8.78 Å². The van der Waals surface area contributed by atoms with Crippen molar-refractivity contribution in [2.45, 2.75) is 71.5 Å². The van der Waals surface area contributed by atoms with Crippen molar-refractivity contribution in [3.05, 3.63) is 95.9 Å². The van der Waals surface area contributed by atoms with E-state index in [9.17, 15) is 36.0 Å². The van der Waals surface area contributed by atoms with E-state index in [-0.39, 0.29) is 52.9 Å². The zero-order chi connectivity index (χ0) is 48.5. The van der Waals surface area contributed by atoms with Gasteiger partial charge in [-0.3, -0.25) is 38.0 Å². The number of aromatic amines is 1. The summed E-state index contributed by atoms with van der Waals surface area (Å²) >= 11 is 0. The van der Waals surface area contributed by atoms with Gasteiger partial charge in [-0.25, -0.2) is 18.4 Å².